The minimum atomic E-state index is -4.54. The number of ether oxygens (including phenoxy) is 1. The molecule has 0 spiro atoms. The van der Waals surface area contributed by atoms with Gasteiger partial charge in [-0.05, 0) is 29.5 Å². The fourth-order valence-electron chi connectivity index (χ4n) is 2.68. The highest BCUT2D eigenvalue weighted by Gasteiger charge is 2.32. The van der Waals surface area contributed by atoms with Crippen LogP contribution in [0, 0.1) is 17.4 Å². The van der Waals surface area contributed by atoms with Crippen molar-refractivity contribution in [3.63, 3.8) is 0 Å². The molecule has 0 amide bonds. The topological polar surface area (TPSA) is 62.7 Å². The number of hydrogen-bond acceptors (Lipinski definition) is 4. The monoisotopic (exact) mass is 438 g/mol. The third-order valence-electron chi connectivity index (χ3n) is 4.15. The average molecular weight is 439 g/mol. The molecule has 1 aromatic carbocycles. The van der Waals surface area contributed by atoms with E-state index in [1.165, 1.54) is 24.5 Å². The number of thiazole rings is 1. The predicted molar refractivity (Wildman–Crippen MR) is 112 cm³/mol. The molecule has 0 atom stereocenters. The third kappa shape index (κ3) is 5.72. The number of rotatable bonds is 4. The van der Waals surface area contributed by atoms with Crippen LogP contribution in [0.4, 0.5) is 13.2 Å². The Kier molecular flexibility index (Phi) is 7.14. The van der Waals surface area contributed by atoms with E-state index < -0.39 is 11.7 Å². The second-order valence-corrected chi connectivity index (χ2v) is 9.24. The summed E-state index contributed by atoms with van der Waals surface area (Å²) in [6.07, 6.45) is -0.900. The fraction of sp³-hybridized carbons (Fsp3) is 0.476. The molecule has 5 nitrogen and oxygen atoms in total. The first-order valence-electron chi connectivity index (χ1n) is 9.34. The first kappa shape index (κ1) is 23.7. The van der Waals surface area contributed by atoms with Gasteiger partial charge in [0, 0.05) is 17.6 Å². The minimum Gasteiger partial charge on any atom is -0.496 e. The van der Waals surface area contributed by atoms with Gasteiger partial charge in [0.25, 0.3) is 0 Å². The number of halogens is 3. The standard InChI is InChI=1S/C21H25F3N4OS/c1-13(2)10-28-11-17(20(3,4)5)30-19(28)27-18(26-12-25)15-9-14(21(22,23)24)7-8-16(15)29-6/h7-9,11,13H,10H2,1-6H3/b26-18?,27-19-. The molecule has 0 N–H and O–H groups in total. The Balaban J connectivity index is 2.75. The molecule has 162 valence electrons. The summed E-state index contributed by atoms with van der Waals surface area (Å²) in [6, 6.07) is 3.04. The van der Waals surface area contributed by atoms with Crippen LogP contribution in [-0.2, 0) is 18.1 Å². The second-order valence-electron chi connectivity index (χ2n) is 8.23. The molecule has 0 unspecified atom stereocenters. The Labute approximate surface area is 178 Å². The molecule has 2 aromatic rings. The van der Waals surface area contributed by atoms with E-state index in [9.17, 15) is 13.2 Å². The number of amidine groups is 1. The SMILES string of the molecule is COc1ccc(C(F)(F)F)cc1C(=NC#N)/N=c1\sc(C(C)(C)C)cn1CC(C)C. The highest BCUT2D eigenvalue weighted by molar-refractivity contribution is 7.09. The summed E-state index contributed by atoms with van der Waals surface area (Å²) in [7, 11) is 1.35. The van der Waals surface area contributed by atoms with Gasteiger partial charge in [-0.2, -0.15) is 28.4 Å². The molecular formula is C21H25F3N4OS. The first-order valence-corrected chi connectivity index (χ1v) is 10.2. The summed E-state index contributed by atoms with van der Waals surface area (Å²) < 4.78 is 46.9. The van der Waals surface area contributed by atoms with Crippen LogP contribution in [0.1, 0.15) is 50.6 Å². The number of aromatic nitrogens is 1. The highest BCUT2D eigenvalue weighted by Crippen LogP contribution is 2.33. The van der Waals surface area contributed by atoms with Gasteiger partial charge in [0.1, 0.15) is 5.75 Å². The fourth-order valence-corrected chi connectivity index (χ4v) is 3.74. The van der Waals surface area contributed by atoms with E-state index in [4.69, 9.17) is 10.00 Å². The van der Waals surface area contributed by atoms with Crippen molar-refractivity contribution in [3.8, 4) is 11.9 Å². The first-order chi connectivity index (χ1) is 13.9. The van der Waals surface area contributed by atoms with Crippen molar-refractivity contribution >= 4 is 17.2 Å². The Hall–Kier alpha value is -2.60. The van der Waals surface area contributed by atoms with E-state index in [0.29, 0.717) is 17.3 Å². The lowest BCUT2D eigenvalue weighted by molar-refractivity contribution is -0.137. The lowest BCUT2D eigenvalue weighted by Crippen LogP contribution is -2.19. The van der Waals surface area contributed by atoms with E-state index in [2.05, 4.69) is 44.6 Å². The molecule has 1 heterocycles. The van der Waals surface area contributed by atoms with E-state index >= 15 is 0 Å². The van der Waals surface area contributed by atoms with Crippen LogP contribution in [0.2, 0.25) is 0 Å². The Bertz CT molecular complexity index is 1030. The van der Waals surface area contributed by atoms with Crippen LogP contribution in [0.5, 0.6) is 5.75 Å². The average Bonchev–Trinajstić information content (AvgIpc) is 3.02. The summed E-state index contributed by atoms with van der Waals surface area (Å²) in [6.45, 7) is 11.0. The summed E-state index contributed by atoms with van der Waals surface area (Å²) >= 11 is 1.42. The largest absolute Gasteiger partial charge is 0.496 e. The maximum absolute atomic E-state index is 13.2. The molecule has 1 aromatic heterocycles. The zero-order valence-electron chi connectivity index (χ0n) is 17.8. The van der Waals surface area contributed by atoms with Crippen molar-refractivity contribution in [1.82, 2.24) is 4.57 Å². The summed E-state index contributed by atoms with van der Waals surface area (Å²) in [5.74, 6) is 0.356. The smallest absolute Gasteiger partial charge is 0.416 e. The molecule has 0 saturated carbocycles. The molecule has 0 aliphatic carbocycles. The molecule has 0 saturated heterocycles. The number of nitrogens with zero attached hydrogens (tertiary/aromatic N) is 4. The van der Waals surface area contributed by atoms with Crippen molar-refractivity contribution in [2.75, 3.05) is 7.11 Å². The third-order valence-corrected chi connectivity index (χ3v) is 5.59. The van der Waals surface area contributed by atoms with Crippen LogP contribution in [-0.4, -0.2) is 17.5 Å². The highest BCUT2D eigenvalue weighted by atomic mass is 32.1. The van der Waals surface area contributed by atoms with E-state index in [1.54, 1.807) is 6.19 Å². The Morgan fingerprint density at radius 2 is 1.93 bits per heavy atom. The molecule has 0 fully saturated rings. The number of benzene rings is 1. The molecule has 0 radical (unpaired) electrons. The van der Waals surface area contributed by atoms with Gasteiger partial charge in [0.2, 0.25) is 6.19 Å². The lowest BCUT2D eigenvalue weighted by atomic mass is 9.95. The van der Waals surface area contributed by atoms with Gasteiger partial charge in [-0.3, -0.25) is 0 Å². The van der Waals surface area contributed by atoms with Crippen molar-refractivity contribution in [2.24, 2.45) is 15.9 Å². The molecule has 2 rings (SSSR count). The molecule has 30 heavy (non-hydrogen) atoms. The normalized spacial score (nSPS) is 13.6. The van der Waals surface area contributed by atoms with Crippen molar-refractivity contribution in [1.29, 1.82) is 5.26 Å². The van der Waals surface area contributed by atoms with Crippen LogP contribution >= 0.6 is 11.3 Å². The van der Waals surface area contributed by atoms with Gasteiger partial charge < -0.3 is 9.30 Å². The second kappa shape index (κ2) is 9.04. The van der Waals surface area contributed by atoms with Gasteiger partial charge in [-0.15, -0.1) is 11.3 Å². The van der Waals surface area contributed by atoms with Crippen LogP contribution in [0.25, 0.3) is 0 Å². The van der Waals surface area contributed by atoms with Crippen molar-refractivity contribution < 1.29 is 17.9 Å². The van der Waals surface area contributed by atoms with Gasteiger partial charge >= 0.3 is 6.18 Å². The summed E-state index contributed by atoms with van der Waals surface area (Å²) in [4.78, 5) is 9.84. The van der Waals surface area contributed by atoms with Gasteiger partial charge in [-0.1, -0.05) is 34.6 Å². The molecule has 9 heteroatoms. The number of nitriles is 1. The van der Waals surface area contributed by atoms with E-state index in [-0.39, 0.29) is 22.6 Å². The Morgan fingerprint density at radius 3 is 2.43 bits per heavy atom. The zero-order chi connectivity index (χ0) is 22.7. The number of hydrogen-bond donors (Lipinski definition) is 0. The van der Waals surface area contributed by atoms with Gasteiger partial charge in [0.15, 0.2) is 10.6 Å². The van der Waals surface area contributed by atoms with Gasteiger partial charge in [0.05, 0.1) is 18.2 Å². The Morgan fingerprint density at radius 1 is 1.27 bits per heavy atom. The number of methoxy groups -OCH3 is 1. The van der Waals surface area contributed by atoms with E-state index in [0.717, 1.165) is 17.0 Å². The molecule has 0 aliphatic heterocycles. The zero-order valence-corrected chi connectivity index (χ0v) is 18.6. The maximum atomic E-state index is 13.2. The lowest BCUT2D eigenvalue weighted by Gasteiger charge is -2.14. The maximum Gasteiger partial charge on any atom is 0.416 e. The van der Waals surface area contributed by atoms with Crippen LogP contribution in [0.15, 0.2) is 34.4 Å². The van der Waals surface area contributed by atoms with Crippen LogP contribution < -0.4 is 9.54 Å². The minimum absolute atomic E-state index is 0.00989. The molecular weight excluding hydrogens is 413 g/mol. The number of aliphatic imine (C=N–C) groups is 1. The number of alkyl halides is 3. The predicted octanol–water partition coefficient (Wildman–Crippen LogP) is 5.36. The van der Waals surface area contributed by atoms with Crippen molar-refractivity contribution in [2.45, 2.75) is 52.8 Å². The van der Waals surface area contributed by atoms with Crippen LogP contribution in [0.3, 0.4) is 0 Å². The molecule has 0 aliphatic rings. The van der Waals surface area contributed by atoms with Crippen molar-refractivity contribution in [3.05, 3.63) is 45.2 Å². The summed E-state index contributed by atoms with van der Waals surface area (Å²) in [5, 5.41) is 9.15. The quantitative estimate of drug-likeness (QED) is 0.367. The molecule has 0 bridgehead atoms. The van der Waals surface area contributed by atoms with Gasteiger partial charge in [-0.25, -0.2) is 0 Å². The summed E-state index contributed by atoms with van der Waals surface area (Å²) in [5.41, 5.74) is -0.983. The van der Waals surface area contributed by atoms with E-state index in [1.807, 2.05) is 10.8 Å².